The van der Waals surface area contributed by atoms with Gasteiger partial charge in [0.25, 0.3) is 0 Å². The Hall–Kier alpha value is -1.19. The molecule has 1 unspecified atom stereocenters. The monoisotopic (exact) mass is 260 g/mol. The van der Waals surface area contributed by atoms with Gasteiger partial charge in [-0.25, -0.2) is 4.98 Å². The number of hydrogen-bond donors (Lipinski definition) is 1. The molecule has 0 saturated carbocycles. The highest BCUT2D eigenvalue weighted by Gasteiger charge is 2.19. The highest BCUT2D eigenvalue weighted by molar-refractivity contribution is 7.09. The molecule has 0 saturated heterocycles. The van der Waals surface area contributed by atoms with E-state index in [0.29, 0.717) is 6.04 Å². The molecule has 3 heteroatoms. The maximum absolute atomic E-state index is 4.47. The SMILES string of the molecule is Cc1cccc(C(NC(C)C)c2nccs2)c1C. The van der Waals surface area contributed by atoms with Crippen LogP contribution in [0.5, 0.6) is 0 Å². The summed E-state index contributed by atoms with van der Waals surface area (Å²) >= 11 is 1.71. The third kappa shape index (κ3) is 2.79. The van der Waals surface area contributed by atoms with Crippen molar-refractivity contribution in [2.24, 2.45) is 0 Å². The maximum atomic E-state index is 4.47. The summed E-state index contributed by atoms with van der Waals surface area (Å²) < 4.78 is 0. The van der Waals surface area contributed by atoms with Gasteiger partial charge in [0.05, 0.1) is 6.04 Å². The average Bonchev–Trinajstić information content (AvgIpc) is 2.83. The van der Waals surface area contributed by atoms with Crippen LogP contribution in [0.2, 0.25) is 0 Å². The fourth-order valence-corrected chi connectivity index (χ4v) is 2.80. The van der Waals surface area contributed by atoms with Crippen molar-refractivity contribution in [2.45, 2.75) is 39.8 Å². The zero-order valence-corrected chi connectivity index (χ0v) is 12.2. The zero-order valence-electron chi connectivity index (χ0n) is 11.4. The van der Waals surface area contributed by atoms with Crippen LogP contribution in [0.4, 0.5) is 0 Å². The van der Waals surface area contributed by atoms with Crippen molar-refractivity contribution in [1.29, 1.82) is 0 Å². The van der Waals surface area contributed by atoms with E-state index in [1.165, 1.54) is 16.7 Å². The normalized spacial score (nSPS) is 12.9. The second-order valence-electron chi connectivity index (χ2n) is 4.91. The van der Waals surface area contributed by atoms with Crippen LogP contribution in [0.15, 0.2) is 29.8 Å². The summed E-state index contributed by atoms with van der Waals surface area (Å²) in [6.45, 7) is 8.69. The number of nitrogens with zero attached hydrogens (tertiary/aromatic N) is 1. The standard InChI is InChI=1S/C15H20N2S/c1-10(2)17-14(15-16-8-9-18-15)13-7-5-6-11(3)12(13)4/h5-10,14,17H,1-4H3. The van der Waals surface area contributed by atoms with Crippen molar-refractivity contribution in [3.63, 3.8) is 0 Å². The predicted octanol–water partition coefficient (Wildman–Crippen LogP) is 3.85. The summed E-state index contributed by atoms with van der Waals surface area (Å²) in [6, 6.07) is 7.11. The lowest BCUT2D eigenvalue weighted by Gasteiger charge is -2.22. The fraction of sp³-hybridized carbons (Fsp3) is 0.400. The zero-order chi connectivity index (χ0) is 13.1. The quantitative estimate of drug-likeness (QED) is 0.903. The van der Waals surface area contributed by atoms with E-state index in [2.05, 4.69) is 56.2 Å². The predicted molar refractivity (Wildman–Crippen MR) is 78.1 cm³/mol. The van der Waals surface area contributed by atoms with Gasteiger partial charge >= 0.3 is 0 Å². The highest BCUT2D eigenvalue weighted by Crippen LogP contribution is 2.28. The first-order valence-electron chi connectivity index (χ1n) is 6.31. The second-order valence-corrected chi connectivity index (χ2v) is 5.84. The smallest absolute Gasteiger partial charge is 0.114 e. The van der Waals surface area contributed by atoms with E-state index >= 15 is 0 Å². The molecule has 96 valence electrons. The molecular weight excluding hydrogens is 240 g/mol. The molecule has 1 heterocycles. The largest absolute Gasteiger partial charge is 0.302 e. The van der Waals surface area contributed by atoms with Crippen molar-refractivity contribution in [3.05, 3.63) is 51.5 Å². The Morgan fingerprint density at radius 1 is 1.22 bits per heavy atom. The van der Waals surface area contributed by atoms with Crippen molar-refractivity contribution in [1.82, 2.24) is 10.3 Å². The summed E-state index contributed by atoms with van der Waals surface area (Å²) in [5.41, 5.74) is 4.02. The molecule has 2 aromatic rings. The van der Waals surface area contributed by atoms with Crippen LogP contribution < -0.4 is 5.32 Å². The topological polar surface area (TPSA) is 24.9 Å². The average molecular weight is 260 g/mol. The Morgan fingerprint density at radius 2 is 2.00 bits per heavy atom. The Morgan fingerprint density at radius 3 is 2.61 bits per heavy atom. The first-order chi connectivity index (χ1) is 8.59. The Kier molecular flexibility index (Phi) is 4.15. The van der Waals surface area contributed by atoms with Crippen molar-refractivity contribution >= 4 is 11.3 Å². The minimum absolute atomic E-state index is 0.199. The van der Waals surface area contributed by atoms with Gasteiger partial charge in [0.15, 0.2) is 0 Å². The van der Waals surface area contributed by atoms with Crippen molar-refractivity contribution in [3.8, 4) is 0 Å². The molecule has 1 aromatic carbocycles. The number of nitrogens with one attached hydrogen (secondary N) is 1. The third-order valence-corrected chi connectivity index (χ3v) is 4.00. The number of benzene rings is 1. The van der Waals surface area contributed by atoms with Gasteiger partial charge in [-0.3, -0.25) is 0 Å². The summed E-state index contributed by atoms with van der Waals surface area (Å²) in [6.07, 6.45) is 1.88. The number of hydrogen-bond acceptors (Lipinski definition) is 3. The Balaban J connectivity index is 2.43. The minimum atomic E-state index is 0.199. The van der Waals surface area contributed by atoms with Crippen LogP contribution in [0.3, 0.4) is 0 Å². The Bertz CT molecular complexity index is 503. The lowest BCUT2D eigenvalue weighted by atomic mass is 9.97. The summed E-state index contributed by atoms with van der Waals surface area (Å²) in [5, 5.41) is 6.79. The van der Waals surface area contributed by atoms with Crippen LogP contribution in [0.1, 0.15) is 41.6 Å². The highest BCUT2D eigenvalue weighted by atomic mass is 32.1. The maximum Gasteiger partial charge on any atom is 0.114 e. The molecular formula is C15H20N2S. The van der Waals surface area contributed by atoms with E-state index in [-0.39, 0.29) is 6.04 Å². The van der Waals surface area contributed by atoms with Crippen LogP contribution in [0.25, 0.3) is 0 Å². The lowest BCUT2D eigenvalue weighted by molar-refractivity contribution is 0.525. The van der Waals surface area contributed by atoms with E-state index in [1.807, 2.05) is 11.6 Å². The molecule has 0 aliphatic carbocycles. The summed E-state index contributed by atoms with van der Waals surface area (Å²) in [4.78, 5) is 4.47. The number of rotatable bonds is 4. The molecule has 18 heavy (non-hydrogen) atoms. The van der Waals surface area contributed by atoms with Crippen LogP contribution in [-0.4, -0.2) is 11.0 Å². The minimum Gasteiger partial charge on any atom is -0.302 e. The summed E-state index contributed by atoms with van der Waals surface area (Å²) in [7, 11) is 0. The van der Waals surface area contributed by atoms with E-state index in [9.17, 15) is 0 Å². The molecule has 0 amide bonds. The molecule has 1 atom stereocenters. The fourth-order valence-electron chi connectivity index (χ4n) is 2.09. The number of thiazole rings is 1. The molecule has 0 fully saturated rings. The van der Waals surface area contributed by atoms with Gasteiger partial charge in [-0.1, -0.05) is 18.2 Å². The second kappa shape index (κ2) is 5.63. The van der Waals surface area contributed by atoms with Gasteiger partial charge in [-0.05, 0) is 44.4 Å². The molecule has 2 rings (SSSR count). The number of aryl methyl sites for hydroxylation is 1. The lowest BCUT2D eigenvalue weighted by Crippen LogP contribution is -2.29. The first kappa shape index (κ1) is 13.2. The molecule has 0 aliphatic rings. The molecule has 0 radical (unpaired) electrons. The third-order valence-electron chi connectivity index (χ3n) is 3.16. The van der Waals surface area contributed by atoms with Crippen LogP contribution in [0, 0.1) is 13.8 Å². The van der Waals surface area contributed by atoms with Gasteiger partial charge in [-0.15, -0.1) is 11.3 Å². The van der Waals surface area contributed by atoms with E-state index in [0.717, 1.165) is 5.01 Å². The van der Waals surface area contributed by atoms with E-state index < -0.39 is 0 Å². The first-order valence-corrected chi connectivity index (χ1v) is 7.19. The van der Waals surface area contributed by atoms with Crippen molar-refractivity contribution in [2.75, 3.05) is 0 Å². The molecule has 0 bridgehead atoms. The molecule has 1 aromatic heterocycles. The van der Waals surface area contributed by atoms with E-state index in [1.54, 1.807) is 11.3 Å². The van der Waals surface area contributed by atoms with Crippen LogP contribution in [-0.2, 0) is 0 Å². The van der Waals surface area contributed by atoms with Crippen LogP contribution >= 0.6 is 11.3 Å². The van der Waals surface area contributed by atoms with Gasteiger partial charge in [-0.2, -0.15) is 0 Å². The number of aromatic nitrogens is 1. The Labute approximate surface area is 113 Å². The molecule has 1 N–H and O–H groups in total. The van der Waals surface area contributed by atoms with Gasteiger partial charge in [0.2, 0.25) is 0 Å². The summed E-state index contributed by atoms with van der Waals surface area (Å²) in [5.74, 6) is 0. The van der Waals surface area contributed by atoms with Crippen molar-refractivity contribution < 1.29 is 0 Å². The molecule has 0 aliphatic heterocycles. The van der Waals surface area contributed by atoms with Gasteiger partial charge in [0, 0.05) is 17.6 Å². The molecule has 0 spiro atoms. The van der Waals surface area contributed by atoms with Gasteiger partial charge < -0.3 is 5.32 Å². The van der Waals surface area contributed by atoms with Gasteiger partial charge in [0.1, 0.15) is 5.01 Å². The van der Waals surface area contributed by atoms with E-state index in [4.69, 9.17) is 0 Å². The molecule has 2 nitrogen and oxygen atoms in total.